The van der Waals surface area contributed by atoms with Gasteiger partial charge in [0.15, 0.2) is 0 Å². The Labute approximate surface area is 110 Å². The summed E-state index contributed by atoms with van der Waals surface area (Å²) in [5.74, 6) is 0.575. The van der Waals surface area contributed by atoms with Gasteiger partial charge in [-0.2, -0.15) is 0 Å². The number of rotatable bonds is 5. The summed E-state index contributed by atoms with van der Waals surface area (Å²) in [6.07, 6.45) is 5.59. The summed E-state index contributed by atoms with van der Waals surface area (Å²) in [4.78, 5) is 12.9. The van der Waals surface area contributed by atoms with E-state index in [0.717, 1.165) is 6.42 Å². The van der Waals surface area contributed by atoms with Crippen molar-refractivity contribution in [1.29, 1.82) is 0 Å². The molecule has 94 valence electrons. The van der Waals surface area contributed by atoms with Gasteiger partial charge in [-0.15, -0.1) is 11.3 Å². The fourth-order valence-electron chi connectivity index (χ4n) is 1.62. The van der Waals surface area contributed by atoms with Gasteiger partial charge in [0.1, 0.15) is 5.76 Å². The van der Waals surface area contributed by atoms with E-state index >= 15 is 0 Å². The number of hydrogen-bond donors (Lipinski definition) is 1. The Hall–Kier alpha value is -1.81. The highest BCUT2D eigenvalue weighted by atomic mass is 32.1. The number of carbonyl (C=O) groups excluding carboxylic acids is 1. The van der Waals surface area contributed by atoms with E-state index in [1.165, 1.54) is 11.0 Å². The molecule has 18 heavy (non-hydrogen) atoms. The van der Waals surface area contributed by atoms with Gasteiger partial charge in [-0.1, -0.05) is 6.07 Å². The van der Waals surface area contributed by atoms with Crippen LogP contribution in [0.25, 0.3) is 6.08 Å². The van der Waals surface area contributed by atoms with Crippen LogP contribution in [0, 0.1) is 0 Å². The predicted octanol–water partition coefficient (Wildman–Crippen LogP) is 3.10. The van der Waals surface area contributed by atoms with Crippen LogP contribution in [0.2, 0.25) is 0 Å². The van der Waals surface area contributed by atoms with Crippen molar-refractivity contribution >= 4 is 23.3 Å². The van der Waals surface area contributed by atoms with E-state index in [1.807, 2.05) is 18.4 Å². The molecule has 0 fully saturated rings. The highest BCUT2D eigenvalue weighted by Gasteiger charge is 2.06. The molecule has 0 saturated heterocycles. The molecule has 0 bridgehead atoms. The number of furan rings is 1. The SMILES string of the molecule is CC(Cc1cccs1)NC(=O)/C=C/c1ccco1. The molecular formula is C14H15NO2S. The fraction of sp³-hybridized carbons (Fsp3) is 0.214. The largest absolute Gasteiger partial charge is 0.465 e. The van der Waals surface area contributed by atoms with Crippen LogP contribution in [0.5, 0.6) is 0 Å². The first kappa shape index (κ1) is 12.6. The Morgan fingerprint density at radius 1 is 1.50 bits per heavy atom. The Balaban J connectivity index is 1.80. The summed E-state index contributed by atoms with van der Waals surface area (Å²) < 4.78 is 5.11. The van der Waals surface area contributed by atoms with E-state index in [0.29, 0.717) is 5.76 Å². The van der Waals surface area contributed by atoms with Gasteiger partial charge >= 0.3 is 0 Å². The second-order valence-corrected chi connectivity index (χ2v) is 5.07. The lowest BCUT2D eigenvalue weighted by Crippen LogP contribution is -2.32. The third-order valence-electron chi connectivity index (χ3n) is 2.42. The van der Waals surface area contributed by atoms with Gasteiger partial charge in [-0.25, -0.2) is 0 Å². The molecule has 1 amide bonds. The van der Waals surface area contributed by atoms with E-state index in [1.54, 1.807) is 35.8 Å². The first-order chi connectivity index (χ1) is 8.74. The van der Waals surface area contributed by atoms with Gasteiger partial charge in [0.2, 0.25) is 5.91 Å². The van der Waals surface area contributed by atoms with Gasteiger partial charge in [-0.3, -0.25) is 4.79 Å². The zero-order valence-corrected chi connectivity index (χ0v) is 10.9. The van der Waals surface area contributed by atoms with Gasteiger partial charge < -0.3 is 9.73 Å². The summed E-state index contributed by atoms with van der Waals surface area (Å²) in [5, 5.41) is 4.96. The number of thiophene rings is 1. The van der Waals surface area contributed by atoms with Crippen LogP contribution in [0.3, 0.4) is 0 Å². The molecule has 2 heterocycles. The van der Waals surface area contributed by atoms with Crippen molar-refractivity contribution < 1.29 is 9.21 Å². The molecule has 3 nitrogen and oxygen atoms in total. The Morgan fingerprint density at radius 2 is 2.39 bits per heavy atom. The maximum Gasteiger partial charge on any atom is 0.244 e. The van der Waals surface area contributed by atoms with Crippen LogP contribution in [-0.4, -0.2) is 11.9 Å². The molecule has 1 atom stereocenters. The van der Waals surface area contributed by atoms with Crippen molar-refractivity contribution in [3.8, 4) is 0 Å². The van der Waals surface area contributed by atoms with Crippen molar-refractivity contribution in [2.24, 2.45) is 0 Å². The molecule has 2 aromatic rings. The van der Waals surface area contributed by atoms with Crippen molar-refractivity contribution in [2.45, 2.75) is 19.4 Å². The lowest BCUT2D eigenvalue weighted by molar-refractivity contribution is -0.117. The summed E-state index contributed by atoms with van der Waals surface area (Å²) in [6.45, 7) is 2.00. The van der Waals surface area contributed by atoms with Gasteiger partial charge in [0, 0.05) is 23.4 Å². The normalized spacial score (nSPS) is 12.7. The van der Waals surface area contributed by atoms with Crippen molar-refractivity contribution in [1.82, 2.24) is 5.32 Å². The predicted molar refractivity (Wildman–Crippen MR) is 73.4 cm³/mol. The van der Waals surface area contributed by atoms with Crippen LogP contribution >= 0.6 is 11.3 Å². The quantitative estimate of drug-likeness (QED) is 0.840. The number of carbonyl (C=O) groups is 1. The molecule has 0 aliphatic rings. The van der Waals surface area contributed by atoms with Gasteiger partial charge in [0.25, 0.3) is 0 Å². The number of nitrogens with one attached hydrogen (secondary N) is 1. The topological polar surface area (TPSA) is 42.2 Å². The molecule has 4 heteroatoms. The maximum atomic E-state index is 11.6. The van der Waals surface area contributed by atoms with E-state index in [9.17, 15) is 4.79 Å². The van der Waals surface area contributed by atoms with Crippen LogP contribution in [0.1, 0.15) is 17.6 Å². The first-order valence-corrected chi connectivity index (χ1v) is 6.66. The number of hydrogen-bond acceptors (Lipinski definition) is 3. The second kappa shape index (κ2) is 6.21. The molecule has 0 aliphatic carbocycles. The smallest absolute Gasteiger partial charge is 0.244 e. The first-order valence-electron chi connectivity index (χ1n) is 5.78. The Kier molecular flexibility index (Phi) is 4.36. The third-order valence-corrected chi connectivity index (χ3v) is 3.32. The molecule has 1 N–H and O–H groups in total. The van der Waals surface area contributed by atoms with E-state index in [-0.39, 0.29) is 11.9 Å². The average Bonchev–Trinajstić information content (AvgIpc) is 2.98. The third kappa shape index (κ3) is 3.89. The highest BCUT2D eigenvalue weighted by Crippen LogP contribution is 2.10. The highest BCUT2D eigenvalue weighted by molar-refractivity contribution is 7.09. The summed E-state index contributed by atoms with van der Waals surface area (Å²) in [5.41, 5.74) is 0. The lowest BCUT2D eigenvalue weighted by atomic mass is 10.2. The van der Waals surface area contributed by atoms with E-state index in [4.69, 9.17) is 4.42 Å². The van der Waals surface area contributed by atoms with Crippen LogP contribution in [0.4, 0.5) is 0 Å². The van der Waals surface area contributed by atoms with E-state index < -0.39 is 0 Å². The molecule has 0 radical (unpaired) electrons. The molecule has 0 aromatic carbocycles. The van der Waals surface area contributed by atoms with Crippen LogP contribution in [-0.2, 0) is 11.2 Å². The molecular weight excluding hydrogens is 246 g/mol. The van der Waals surface area contributed by atoms with Crippen LogP contribution in [0.15, 0.2) is 46.4 Å². The molecule has 2 aromatic heterocycles. The summed E-state index contributed by atoms with van der Waals surface area (Å²) in [6, 6.07) is 7.81. The summed E-state index contributed by atoms with van der Waals surface area (Å²) in [7, 11) is 0. The van der Waals surface area contributed by atoms with Gasteiger partial charge in [-0.05, 0) is 36.6 Å². The Bertz CT molecular complexity index is 500. The van der Waals surface area contributed by atoms with Crippen LogP contribution < -0.4 is 5.32 Å². The van der Waals surface area contributed by atoms with E-state index in [2.05, 4.69) is 11.4 Å². The maximum absolute atomic E-state index is 11.6. The van der Waals surface area contributed by atoms with Crippen molar-refractivity contribution in [3.05, 3.63) is 52.6 Å². The summed E-state index contributed by atoms with van der Waals surface area (Å²) >= 11 is 1.71. The zero-order chi connectivity index (χ0) is 12.8. The molecule has 0 aliphatic heterocycles. The molecule has 0 saturated carbocycles. The fourth-order valence-corrected chi connectivity index (χ4v) is 2.45. The van der Waals surface area contributed by atoms with Crippen molar-refractivity contribution in [2.75, 3.05) is 0 Å². The standard InChI is InChI=1S/C14H15NO2S/c1-11(10-13-5-3-9-18-13)15-14(16)7-6-12-4-2-8-17-12/h2-9,11H,10H2,1H3,(H,15,16)/b7-6+. The average molecular weight is 261 g/mol. The Morgan fingerprint density at radius 3 is 3.06 bits per heavy atom. The monoisotopic (exact) mass is 261 g/mol. The zero-order valence-electron chi connectivity index (χ0n) is 10.1. The molecule has 0 spiro atoms. The number of amides is 1. The minimum absolute atomic E-state index is 0.101. The molecule has 2 rings (SSSR count). The minimum Gasteiger partial charge on any atom is -0.465 e. The second-order valence-electron chi connectivity index (χ2n) is 4.04. The molecule has 1 unspecified atom stereocenters. The van der Waals surface area contributed by atoms with Gasteiger partial charge in [0.05, 0.1) is 6.26 Å². The minimum atomic E-state index is -0.101. The lowest BCUT2D eigenvalue weighted by Gasteiger charge is -2.10. The van der Waals surface area contributed by atoms with Crippen molar-refractivity contribution in [3.63, 3.8) is 0 Å².